The minimum atomic E-state index is 0.752. The van der Waals surface area contributed by atoms with Crippen LogP contribution in [0.25, 0.3) is 0 Å². The van der Waals surface area contributed by atoms with Crippen LogP contribution in [-0.2, 0) is 6.42 Å². The third-order valence-corrected chi connectivity index (χ3v) is 5.13. The van der Waals surface area contributed by atoms with E-state index in [0.29, 0.717) is 0 Å². The van der Waals surface area contributed by atoms with Crippen molar-refractivity contribution in [2.75, 3.05) is 6.54 Å². The van der Waals surface area contributed by atoms with Crippen molar-refractivity contribution in [3.05, 3.63) is 16.1 Å². The monoisotopic (exact) mass is 266 g/mol. The number of aromatic nitrogens is 1. The molecule has 0 aliphatic heterocycles. The van der Waals surface area contributed by atoms with Gasteiger partial charge in [0.15, 0.2) is 0 Å². The highest BCUT2D eigenvalue weighted by atomic mass is 32.1. The van der Waals surface area contributed by atoms with E-state index >= 15 is 0 Å². The van der Waals surface area contributed by atoms with E-state index in [1.165, 1.54) is 43.5 Å². The Morgan fingerprint density at radius 1 is 1.33 bits per heavy atom. The van der Waals surface area contributed by atoms with E-state index < -0.39 is 0 Å². The van der Waals surface area contributed by atoms with Gasteiger partial charge in [-0.1, -0.05) is 26.2 Å². The number of rotatable bonds is 5. The van der Waals surface area contributed by atoms with Gasteiger partial charge in [-0.3, -0.25) is 0 Å². The van der Waals surface area contributed by atoms with Gasteiger partial charge >= 0.3 is 0 Å². The predicted molar refractivity (Wildman–Crippen MR) is 79.2 cm³/mol. The standard InChI is InChI=1S/C15H26N2S/c1-3-13-5-4-6-14(8-7-13)16-10-9-15-17-12(2)11-18-15/h11,13-14,16H,3-10H2,1-2H3. The number of hydrogen-bond donors (Lipinski definition) is 1. The van der Waals surface area contributed by atoms with Crippen molar-refractivity contribution < 1.29 is 0 Å². The summed E-state index contributed by atoms with van der Waals surface area (Å²) in [6.45, 7) is 5.50. The van der Waals surface area contributed by atoms with Crippen molar-refractivity contribution in [2.24, 2.45) is 5.92 Å². The smallest absolute Gasteiger partial charge is 0.0940 e. The topological polar surface area (TPSA) is 24.9 Å². The van der Waals surface area contributed by atoms with Crippen LogP contribution in [0, 0.1) is 12.8 Å². The molecule has 0 amide bonds. The van der Waals surface area contributed by atoms with Gasteiger partial charge in [0.1, 0.15) is 0 Å². The van der Waals surface area contributed by atoms with Crippen LogP contribution >= 0.6 is 11.3 Å². The zero-order valence-corrected chi connectivity index (χ0v) is 12.6. The molecule has 2 rings (SSSR count). The number of hydrogen-bond acceptors (Lipinski definition) is 3. The lowest BCUT2D eigenvalue weighted by atomic mass is 9.98. The second-order valence-electron chi connectivity index (χ2n) is 5.57. The van der Waals surface area contributed by atoms with E-state index in [9.17, 15) is 0 Å². The first kappa shape index (κ1) is 14.0. The Hall–Kier alpha value is -0.410. The average Bonchev–Trinajstić information content (AvgIpc) is 2.65. The van der Waals surface area contributed by atoms with Crippen molar-refractivity contribution in [1.82, 2.24) is 10.3 Å². The molecule has 0 radical (unpaired) electrons. The molecule has 102 valence electrons. The van der Waals surface area contributed by atoms with Gasteiger partial charge in [-0.25, -0.2) is 4.98 Å². The quantitative estimate of drug-likeness (QED) is 0.816. The number of aryl methyl sites for hydroxylation is 1. The Kier molecular flexibility index (Phi) is 5.64. The van der Waals surface area contributed by atoms with Gasteiger partial charge in [-0.05, 0) is 32.1 Å². The Morgan fingerprint density at radius 2 is 2.22 bits per heavy atom. The molecule has 1 fully saturated rings. The zero-order valence-electron chi connectivity index (χ0n) is 11.7. The molecule has 2 nitrogen and oxygen atoms in total. The molecule has 3 heteroatoms. The summed E-state index contributed by atoms with van der Waals surface area (Å²) in [5.74, 6) is 0.985. The summed E-state index contributed by atoms with van der Waals surface area (Å²) in [5, 5.41) is 7.15. The molecule has 1 aliphatic rings. The van der Waals surface area contributed by atoms with Crippen LogP contribution in [0.5, 0.6) is 0 Å². The normalized spacial score (nSPS) is 25.0. The van der Waals surface area contributed by atoms with Gasteiger partial charge in [0, 0.05) is 30.1 Å². The number of thiazole rings is 1. The molecule has 1 aromatic rings. The minimum absolute atomic E-state index is 0.752. The van der Waals surface area contributed by atoms with Crippen LogP contribution in [0.4, 0.5) is 0 Å². The minimum Gasteiger partial charge on any atom is -0.314 e. The lowest BCUT2D eigenvalue weighted by molar-refractivity contribution is 0.427. The van der Waals surface area contributed by atoms with E-state index in [-0.39, 0.29) is 0 Å². The molecule has 0 aromatic carbocycles. The maximum absolute atomic E-state index is 4.52. The van der Waals surface area contributed by atoms with Gasteiger partial charge < -0.3 is 5.32 Å². The Labute approximate surface area is 115 Å². The highest BCUT2D eigenvalue weighted by molar-refractivity contribution is 7.09. The molecule has 0 bridgehead atoms. The van der Waals surface area contributed by atoms with Crippen LogP contribution in [0.3, 0.4) is 0 Å². The van der Waals surface area contributed by atoms with Crippen LogP contribution in [0.15, 0.2) is 5.38 Å². The molecule has 1 heterocycles. The Balaban J connectivity index is 1.67. The second-order valence-corrected chi connectivity index (χ2v) is 6.51. The van der Waals surface area contributed by atoms with Gasteiger partial charge in [-0.2, -0.15) is 0 Å². The van der Waals surface area contributed by atoms with E-state index in [4.69, 9.17) is 0 Å². The number of nitrogens with one attached hydrogen (secondary N) is 1. The van der Waals surface area contributed by atoms with Crippen LogP contribution in [0.2, 0.25) is 0 Å². The summed E-state index contributed by atoms with van der Waals surface area (Å²) in [6.07, 6.45) is 9.47. The molecule has 2 unspecified atom stereocenters. The third-order valence-electron chi connectivity index (χ3n) is 4.10. The molecule has 1 aromatic heterocycles. The molecule has 1 N–H and O–H groups in total. The third kappa shape index (κ3) is 4.36. The molecule has 0 saturated heterocycles. The maximum atomic E-state index is 4.52. The molecule has 2 atom stereocenters. The zero-order chi connectivity index (χ0) is 12.8. The fourth-order valence-corrected chi connectivity index (χ4v) is 3.67. The molecular formula is C15H26N2S. The molecule has 1 saturated carbocycles. The molecular weight excluding hydrogens is 240 g/mol. The maximum Gasteiger partial charge on any atom is 0.0940 e. The first-order chi connectivity index (χ1) is 8.78. The lowest BCUT2D eigenvalue weighted by Crippen LogP contribution is -2.30. The highest BCUT2D eigenvalue weighted by Crippen LogP contribution is 2.25. The van der Waals surface area contributed by atoms with Crippen LogP contribution < -0.4 is 5.32 Å². The van der Waals surface area contributed by atoms with Crippen molar-refractivity contribution in [3.8, 4) is 0 Å². The van der Waals surface area contributed by atoms with Gasteiger partial charge in [0.25, 0.3) is 0 Å². The van der Waals surface area contributed by atoms with Gasteiger partial charge in [0.2, 0.25) is 0 Å². The molecule has 0 spiro atoms. The SMILES string of the molecule is CCC1CCCC(NCCc2nc(C)cs2)CC1. The van der Waals surface area contributed by atoms with Crippen molar-refractivity contribution in [2.45, 2.75) is 64.8 Å². The summed E-state index contributed by atoms with van der Waals surface area (Å²) >= 11 is 1.79. The molecule has 1 aliphatic carbocycles. The van der Waals surface area contributed by atoms with Crippen LogP contribution in [-0.4, -0.2) is 17.6 Å². The fourth-order valence-electron chi connectivity index (χ4n) is 2.89. The van der Waals surface area contributed by atoms with Crippen molar-refractivity contribution in [3.63, 3.8) is 0 Å². The van der Waals surface area contributed by atoms with Gasteiger partial charge in [-0.15, -0.1) is 11.3 Å². The van der Waals surface area contributed by atoms with Crippen molar-refractivity contribution in [1.29, 1.82) is 0 Å². The number of nitrogens with zero attached hydrogens (tertiary/aromatic N) is 1. The fraction of sp³-hybridized carbons (Fsp3) is 0.800. The first-order valence-corrected chi connectivity index (χ1v) is 8.30. The van der Waals surface area contributed by atoms with E-state index in [1.807, 2.05) is 0 Å². The summed E-state index contributed by atoms with van der Waals surface area (Å²) in [4.78, 5) is 4.52. The first-order valence-electron chi connectivity index (χ1n) is 7.42. The summed E-state index contributed by atoms with van der Waals surface area (Å²) in [5.41, 5.74) is 1.16. The van der Waals surface area contributed by atoms with E-state index in [0.717, 1.165) is 30.6 Å². The highest BCUT2D eigenvalue weighted by Gasteiger charge is 2.17. The average molecular weight is 266 g/mol. The van der Waals surface area contributed by atoms with Crippen LogP contribution in [0.1, 0.15) is 56.2 Å². The Bertz CT molecular complexity index is 348. The van der Waals surface area contributed by atoms with Gasteiger partial charge in [0.05, 0.1) is 5.01 Å². The lowest BCUT2D eigenvalue weighted by Gasteiger charge is -2.16. The summed E-state index contributed by atoms with van der Waals surface area (Å²) < 4.78 is 0. The second kappa shape index (κ2) is 7.25. The Morgan fingerprint density at radius 3 is 2.94 bits per heavy atom. The molecule has 18 heavy (non-hydrogen) atoms. The largest absolute Gasteiger partial charge is 0.314 e. The summed E-state index contributed by atoms with van der Waals surface area (Å²) in [7, 11) is 0. The summed E-state index contributed by atoms with van der Waals surface area (Å²) in [6, 6.07) is 0.752. The predicted octanol–water partition coefficient (Wildman–Crippen LogP) is 3.94. The van der Waals surface area contributed by atoms with Crippen molar-refractivity contribution >= 4 is 11.3 Å². The van der Waals surface area contributed by atoms with E-state index in [2.05, 4.69) is 29.5 Å². The van der Waals surface area contributed by atoms with E-state index in [1.54, 1.807) is 11.3 Å².